The first-order valence-electron chi connectivity index (χ1n) is 8.15. The first kappa shape index (κ1) is 17.8. The smallest absolute Gasteiger partial charge is 0.227 e. The van der Waals surface area contributed by atoms with Crippen LogP contribution in [-0.2, 0) is 16.1 Å². The average molecular weight is 360 g/mol. The summed E-state index contributed by atoms with van der Waals surface area (Å²) < 4.78 is 32.1. The summed E-state index contributed by atoms with van der Waals surface area (Å²) in [5.74, 6) is -2.53. The van der Waals surface area contributed by atoms with Crippen molar-refractivity contribution < 1.29 is 23.1 Å². The minimum atomic E-state index is -0.981. The van der Waals surface area contributed by atoms with Gasteiger partial charge in [-0.15, -0.1) is 0 Å². The molecule has 0 aromatic heterocycles. The van der Waals surface area contributed by atoms with Crippen LogP contribution in [0.2, 0.25) is 0 Å². The molecule has 0 spiro atoms. The molecule has 0 radical (unpaired) electrons. The van der Waals surface area contributed by atoms with E-state index in [0.717, 1.165) is 6.07 Å². The van der Waals surface area contributed by atoms with Crippen molar-refractivity contribution in [2.75, 3.05) is 18.6 Å². The second-order valence-electron chi connectivity index (χ2n) is 6.01. The van der Waals surface area contributed by atoms with Crippen molar-refractivity contribution in [3.05, 3.63) is 59.7 Å². The second-order valence-corrected chi connectivity index (χ2v) is 6.01. The van der Waals surface area contributed by atoms with Crippen molar-refractivity contribution in [2.45, 2.75) is 13.0 Å². The fourth-order valence-corrected chi connectivity index (χ4v) is 2.98. The molecule has 136 valence electrons. The van der Waals surface area contributed by atoms with Gasteiger partial charge in [-0.1, -0.05) is 24.3 Å². The van der Waals surface area contributed by atoms with Crippen molar-refractivity contribution in [3.63, 3.8) is 0 Å². The van der Waals surface area contributed by atoms with Crippen LogP contribution < -0.4 is 15.0 Å². The third-order valence-corrected chi connectivity index (χ3v) is 4.36. The van der Waals surface area contributed by atoms with Crippen LogP contribution >= 0.6 is 0 Å². The van der Waals surface area contributed by atoms with Gasteiger partial charge >= 0.3 is 0 Å². The van der Waals surface area contributed by atoms with Gasteiger partial charge in [0.2, 0.25) is 11.8 Å². The van der Waals surface area contributed by atoms with Gasteiger partial charge in [0.25, 0.3) is 0 Å². The van der Waals surface area contributed by atoms with Crippen LogP contribution in [0.4, 0.5) is 14.5 Å². The maximum Gasteiger partial charge on any atom is 0.227 e. The van der Waals surface area contributed by atoms with Crippen LogP contribution in [0.5, 0.6) is 5.75 Å². The molecule has 1 N–H and O–H groups in total. The second kappa shape index (κ2) is 7.51. The van der Waals surface area contributed by atoms with E-state index in [9.17, 15) is 18.4 Å². The van der Waals surface area contributed by atoms with Crippen molar-refractivity contribution >= 4 is 17.5 Å². The summed E-state index contributed by atoms with van der Waals surface area (Å²) in [5, 5.41) is 2.57. The molecule has 2 aromatic rings. The fraction of sp³-hybridized carbons (Fsp3) is 0.263. The zero-order valence-electron chi connectivity index (χ0n) is 14.2. The molecule has 1 fully saturated rings. The highest BCUT2D eigenvalue weighted by molar-refractivity contribution is 6.01. The Hall–Kier alpha value is -2.96. The molecule has 0 bridgehead atoms. The molecular weight excluding hydrogens is 342 g/mol. The standard InChI is InChI=1S/C19H18F2N2O3/c1-26-16-8-3-2-7-15(16)23-11-13(9-17(23)24)19(25)22-10-12-5-4-6-14(20)18(12)21/h2-8,13H,9-11H2,1H3,(H,22,25). The van der Waals surface area contributed by atoms with Gasteiger partial charge in [0.1, 0.15) is 5.75 Å². The Kier molecular flexibility index (Phi) is 5.16. The summed E-state index contributed by atoms with van der Waals surface area (Å²) in [5.41, 5.74) is 0.663. The number of ether oxygens (including phenoxy) is 1. The highest BCUT2D eigenvalue weighted by Gasteiger charge is 2.36. The lowest BCUT2D eigenvalue weighted by Gasteiger charge is -2.19. The van der Waals surface area contributed by atoms with E-state index < -0.39 is 17.6 Å². The van der Waals surface area contributed by atoms with Crippen molar-refractivity contribution in [1.82, 2.24) is 5.32 Å². The van der Waals surface area contributed by atoms with E-state index in [2.05, 4.69) is 5.32 Å². The number of amides is 2. The number of nitrogens with one attached hydrogen (secondary N) is 1. The zero-order valence-corrected chi connectivity index (χ0v) is 14.2. The van der Waals surface area contributed by atoms with Gasteiger partial charge in [0, 0.05) is 25.1 Å². The van der Waals surface area contributed by atoms with E-state index >= 15 is 0 Å². The Balaban J connectivity index is 1.66. The van der Waals surface area contributed by atoms with Gasteiger partial charge in [0.05, 0.1) is 18.7 Å². The predicted molar refractivity (Wildman–Crippen MR) is 91.7 cm³/mol. The Morgan fingerprint density at radius 3 is 2.77 bits per heavy atom. The normalized spacial score (nSPS) is 16.7. The van der Waals surface area contributed by atoms with Gasteiger partial charge in [-0.3, -0.25) is 9.59 Å². The minimum Gasteiger partial charge on any atom is -0.495 e. The molecule has 0 aliphatic carbocycles. The largest absolute Gasteiger partial charge is 0.495 e. The minimum absolute atomic E-state index is 0.0511. The number of hydrogen-bond donors (Lipinski definition) is 1. The Morgan fingerprint density at radius 1 is 1.23 bits per heavy atom. The first-order chi connectivity index (χ1) is 12.5. The number of rotatable bonds is 5. The van der Waals surface area contributed by atoms with E-state index in [4.69, 9.17) is 4.74 Å². The summed E-state index contributed by atoms with van der Waals surface area (Å²) in [6, 6.07) is 10.9. The molecule has 7 heteroatoms. The van der Waals surface area contributed by atoms with Gasteiger partial charge in [-0.2, -0.15) is 0 Å². The molecule has 5 nitrogen and oxygen atoms in total. The van der Waals surface area contributed by atoms with Crippen LogP contribution in [0, 0.1) is 17.6 Å². The first-order valence-corrected chi connectivity index (χ1v) is 8.15. The third kappa shape index (κ3) is 3.51. The molecule has 3 rings (SSSR count). The maximum absolute atomic E-state index is 13.7. The third-order valence-electron chi connectivity index (χ3n) is 4.36. The summed E-state index contributed by atoms with van der Waals surface area (Å²) in [4.78, 5) is 26.2. The molecule has 26 heavy (non-hydrogen) atoms. The molecule has 2 amide bonds. The van der Waals surface area contributed by atoms with E-state index in [1.165, 1.54) is 24.1 Å². The molecule has 1 aliphatic rings. The number of methoxy groups -OCH3 is 1. The van der Waals surface area contributed by atoms with Gasteiger partial charge in [-0.25, -0.2) is 8.78 Å². The summed E-state index contributed by atoms with van der Waals surface area (Å²) in [7, 11) is 1.51. The molecule has 1 heterocycles. The summed E-state index contributed by atoms with van der Waals surface area (Å²) in [6.45, 7) is 0.0679. The number of para-hydroxylation sites is 2. The molecule has 1 atom stereocenters. The zero-order chi connectivity index (χ0) is 18.7. The molecular formula is C19H18F2N2O3. The van der Waals surface area contributed by atoms with Gasteiger partial charge in [-0.05, 0) is 18.2 Å². The predicted octanol–water partition coefficient (Wildman–Crippen LogP) is 2.64. The number of anilines is 1. The highest BCUT2D eigenvalue weighted by Crippen LogP contribution is 2.32. The van der Waals surface area contributed by atoms with Crippen LogP contribution in [0.1, 0.15) is 12.0 Å². The molecule has 0 saturated carbocycles. The van der Waals surface area contributed by atoms with Crippen molar-refractivity contribution in [2.24, 2.45) is 5.92 Å². The molecule has 1 saturated heterocycles. The molecule has 1 aliphatic heterocycles. The van der Waals surface area contributed by atoms with Gasteiger partial charge in [0.15, 0.2) is 11.6 Å². The number of benzene rings is 2. The summed E-state index contributed by atoms with van der Waals surface area (Å²) >= 11 is 0. The fourth-order valence-electron chi connectivity index (χ4n) is 2.98. The number of nitrogens with zero attached hydrogens (tertiary/aromatic N) is 1. The summed E-state index contributed by atoms with van der Waals surface area (Å²) in [6.07, 6.45) is 0.0511. The Bertz CT molecular complexity index is 841. The monoisotopic (exact) mass is 360 g/mol. The van der Waals surface area contributed by atoms with Crippen LogP contribution in [0.15, 0.2) is 42.5 Å². The van der Waals surface area contributed by atoms with E-state index in [0.29, 0.717) is 11.4 Å². The van der Waals surface area contributed by atoms with Crippen LogP contribution in [0.25, 0.3) is 0 Å². The van der Waals surface area contributed by atoms with Crippen molar-refractivity contribution in [3.8, 4) is 5.75 Å². The molecule has 2 aromatic carbocycles. The Morgan fingerprint density at radius 2 is 2.00 bits per heavy atom. The number of hydrogen-bond acceptors (Lipinski definition) is 3. The van der Waals surface area contributed by atoms with Crippen LogP contribution in [0.3, 0.4) is 0 Å². The lowest BCUT2D eigenvalue weighted by Crippen LogP contribution is -2.33. The number of carbonyl (C=O) groups is 2. The van der Waals surface area contributed by atoms with Crippen molar-refractivity contribution in [1.29, 1.82) is 0 Å². The SMILES string of the molecule is COc1ccccc1N1CC(C(=O)NCc2cccc(F)c2F)CC1=O. The van der Waals surface area contributed by atoms with Crippen LogP contribution in [-0.4, -0.2) is 25.5 Å². The van der Waals surface area contributed by atoms with E-state index in [1.807, 2.05) is 0 Å². The number of halogens is 2. The van der Waals surface area contributed by atoms with E-state index in [-0.39, 0.29) is 36.9 Å². The van der Waals surface area contributed by atoms with E-state index in [1.54, 1.807) is 24.3 Å². The highest BCUT2D eigenvalue weighted by atomic mass is 19.2. The molecule has 1 unspecified atom stereocenters. The maximum atomic E-state index is 13.7. The Labute approximate surface area is 149 Å². The number of carbonyl (C=O) groups excluding carboxylic acids is 2. The lowest BCUT2D eigenvalue weighted by molar-refractivity contribution is -0.126. The lowest BCUT2D eigenvalue weighted by atomic mass is 10.1. The topological polar surface area (TPSA) is 58.6 Å². The quantitative estimate of drug-likeness (QED) is 0.892. The average Bonchev–Trinajstić information content (AvgIpc) is 3.04. The van der Waals surface area contributed by atoms with Gasteiger partial charge < -0.3 is 15.0 Å².